The number of piperazine rings is 1. The number of para-hydroxylation sites is 1. The van der Waals surface area contributed by atoms with E-state index in [0.717, 1.165) is 37.2 Å². The van der Waals surface area contributed by atoms with Crippen molar-refractivity contribution in [3.05, 3.63) is 29.8 Å². The number of nitrogens with zero attached hydrogens (tertiary/aromatic N) is 2. The van der Waals surface area contributed by atoms with E-state index >= 15 is 0 Å². The Balaban J connectivity index is 0.00000225. The molecule has 0 radical (unpaired) electrons. The molecule has 1 saturated heterocycles. The van der Waals surface area contributed by atoms with Crippen LogP contribution in [0.2, 0.25) is 0 Å². The smallest absolute Gasteiger partial charge is 0.234 e. The van der Waals surface area contributed by atoms with Gasteiger partial charge in [0.05, 0.1) is 6.54 Å². The van der Waals surface area contributed by atoms with Crippen molar-refractivity contribution in [2.45, 2.75) is 51.5 Å². The summed E-state index contributed by atoms with van der Waals surface area (Å²) in [5, 5.41) is 3.20. The van der Waals surface area contributed by atoms with Crippen molar-refractivity contribution < 1.29 is 9.59 Å². The second-order valence-electron chi connectivity index (χ2n) is 8.39. The molecule has 8 heteroatoms. The van der Waals surface area contributed by atoms with E-state index < -0.39 is 0 Å². The van der Waals surface area contributed by atoms with Crippen LogP contribution >= 0.6 is 24.8 Å². The number of anilines is 1. The lowest BCUT2D eigenvalue weighted by molar-refractivity contribution is -0.133. The van der Waals surface area contributed by atoms with Crippen LogP contribution in [0, 0.1) is 5.92 Å². The van der Waals surface area contributed by atoms with Gasteiger partial charge in [-0.25, -0.2) is 0 Å². The standard InChI is InChI=1S/C22H34N4O2.2ClH/c1-17-5-4-7-19(15-17)24-21(27)16-25-11-13-26(14-12-25)22(28)10-9-18-6-2-3-8-20(18)23;;/h2-3,6,8,17,19H,4-5,7,9-16,23H2,1H3,(H,24,27);2*1H. The van der Waals surface area contributed by atoms with E-state index in [4.69, 9.17) is 5.73 Å². The first kappa shape index (κ1) is 26.5. The first-order chi connectivity index (χ1) is 13.5. The molecule has 1 aliphatic carbocycles. The molecule has 0 aromatic heterocycles. The molecule has 1 saturated carbocycles. The Hall–Kier alpha value is -1.50. The van der Waals surface area contributed by atoms with Gasteiger partial charge in [0.2, 0.25) is 11.8 Å². The third-order valence-electron chi connectivity index (χ3n) is 6.06. The summed E-state index contributed by atoms with van der Waals surface area (Å²) in [7, 11) is 0. The van der Waals surface area contributed by atoms with Gasteiger partial charge < -0.3 is 16.0 Å². The maximum absolute atomic E-state index is 12.5. The molecular weight excluding hydrogens is 423 g/mol. The highest BCUT2D eigenvalue weighted by atomic mass is 35.5. The molecule has 6 nitrogen and oxygen atoms in total. The molecule has 1 aromatic carbocycles. The van der Waals surface area contributed by atoms with Gasteiger partial charge in [-0.3, -0.25) is 14.5 Å². The Labute approximate surface area is 192 Å². The van der Waals surface area contributed by atoms with Crippen molar-refractivity contribution in [2.75, 3.05) is 38.5 Å². The number of hydrogen-bond acceptors (Lipinski definition) is 4. The molecule has 2 aliphatic rings. The molecule has 2 fully saturated rings. The zero-order chi connectivity index (χ0) is 19.9. The largest absolute Gasteiger partial charge is 0.399 e. The molecule has 2 atom stereocenters. The fraction of sp³-hybridized carbons (Fsp3) is 0.636. The van der Waals surface area contributed by atoms with Crippen LogP contribution in [0.15, 0.2) is 24.3 Å². The number of hydrogen-bond donors (Lipinski definition) is 2. The van der Waals surface area contributed by atoms with Crippen LogP contribution in [0.1, 0.15) is 44.6 Å². The van der Waals surface area contributed by atoms with Crippen LogP contribution in [0.5, 0.6) is 0 Å². The fourth-order valence-corrected chi connectivity index (χ4v) is 4.36. The molecule has 170 valence electrons. The van der Waals surface area contributed by atoms with Crippen LogP contribution in [-0.4, -0.2) is 60.4 Å². The number of benzene rings is 1. The Morgan fingerprint density at radius 1 is 1.10 bits per heavy atom. The minimum Gasteiger partial charge on any atom is -0.399 e. The third kappa shape index (κ3) is 7.97. The minimum absolute atomic E-state index is 0. The number of nitrogens with one attached hydrogen (secondary N) is 1. The first-order valence-corrected chi connectivity index (χ1v) is 10.6. The van der Waals surface area contributed by atoms with Gasteiger partial charge in [0.25, 0.3) is 0 Å². The molecule has 2 amide bonds. The Morgan fingerprint density at radius 3 is 2.47 bits per heavy atom. The highest BCUT2D eigenvalue weighted by molar-refractivity contribution is 5.85. The molecule has 1 aliphatic heterocycles. The number of carbonyl (C=O) groups is 2. The third-order valence-corrected chi connectivity index (χ3v) is 6.06. The van der Waals surface area contributed by atoms with E-state index in [1.165, 1.54) is 12.8 Å². The number of carbonyl (C=O) groups excluding carboxylic acids is 2. The Bertz CT molecular complexity index is 681. The first-order valence-electron chi connectivity index (χ1n) is 10.6. The molecule has 1 heterocycles. The van der Waals surface area contributed by atoms with E-state index in [2.05, 4.69) is 17.1 Å². The van der Waals surface area contributed by atoms with Gasteiger partial charge >= 0.3 is 0 Å². The van der Waals surface area contributed by atoms with E-state index in [1.54, 1.807) is 0 Å². The molecule has 30 heavy (non-hydrogen) atoms. The Kier molecular flexibility index (Phi) is 11.5. The fourth-order valence-electron chi connectivity index (χ4n) is 4.36. The van der Waals surface area contributed by atoms with Crippen molar-refractivity contribution >= 4 is 42.3 Å². The van der Waals surface area contributed by atoms with Gasteiger partial charge in [0.1, 0.15) is 0 Å². The number of nitrogen functional groups attached to an aromatic ring is 1. The summed E-state index contributed by atoms with van der Waals surface area (Å²) in [6.07, 6.45) is 5.84. The predicted molar refractivity (Wildman–Crippen MR) is 126 cm³/mol. The summed E-state index contributed by atoms with van der Waals surface area (Å²) >= 11 is 0. The lowest BCUT2D eigenvalue weighted by atomic mass is 9.87. The van der Waals surface area contributed by atoms with Crippen molar-refractivity contribution in [2.24, 2.45) is 5.92 Å². The summed E-state index contributed by atoms with van der Waals surface area (Å²) in [6, 6.07) is 8.05. The Morgan fingerprint density at radius 2 is 1.80 bits per heavy atom. The van der Waals surface area contributed by atoms with Gasteiger partial charge in [-0.2, -0.15) is 0 Å². The second kappa shape index (κ2) is 13.0. The van der Waals surface area contributed by atoms with Crippen LogP contribution in [0.4, 0.5) is 5.69 Å². The van der Waals surface area contributed by atoms with Crippen LogP contribution in [0.25, 0.3) is 0 Å². The maximum atomic E-state index is 12.5. The number of amides is 2. The number of aryl methyl sites for hydroxylation is 1. The van der Waals surface area contributed by atoms with Crippen molar-refractivity contribution in [1.82, 2.24) is 15.1 Å². The number of nitrogens with two attached hydrogens (primary N) is 1. The molecule has 3 rings (SSSR count). The zero-order valence-electron chi connectivity index (χ0n) is 17.8. The lowest BCUT2D eigenvalue weighted by Crippen LogP contribution is -2.52. The predicted octanol–water partition coefficient (Wildman–Crippen LogP) is 2.88. The van der Waals surface area contributed by atoms with E-state index in [1.807, 2.05) is 29.2 Å². The second-order valence-corrected chi connectivity index (χ2v) is 8.39. The number of rotatable bonds is 6. The van der Waals surface area contributed by atoms with Gasteiger partial charge in [0.15, 0.2) is 0 Å². The van der Waals surface area contributed by atoms with Crippen molar-refractivity contribution in [3.8, 4) is 0 Å². The summed E-state index contributed by atoms with van der Waals surface area (Å²) < 4.78 is 0. The molecule has 3 N–H and O–H groups in total. The summed E-state index contributed by atoms with van der Waals surface area (Å²) in [4.78, 5) is 28.9. The van der Waals surface area contributed by atoms with E-state index in [9.17, 15) is 9.59 Å². The molecule has 0 spiro atoms. The highest BCUT2D eigenvalue weighted by Gasteiger charge is 2.24. The van der Waals surface area contributed by atoms with Gasteiger partial charge in [-0.1, -0.05) is 38.0 Å². The molecule has 1 aromatic rings. The normalized spacial score (nSPS) is 21.8. The highest BCUT2D eigenvalue weighted by Crippen LogP contribution is 2.23. The van der Waals surface area contributed by atoms with Crippen LogP contribution in [0.3, 0.4) is 0 Å². The van der Waals surface area contributed by atoms with E-state index in [-0.39, 0.29) is 36.6 Å². The zero-order valence-corrected chi connectivity index (χ0v) is 19.5. The average Bonchev–Trinajstić information content (AvgIpc) is 2.67. The molecular formula is C22H36Cl2N4O2. The SMILES string of the molecule is CC1CCCC(NC(=O)CN2CCN(C(=O)CCc3ccccc3N)CC2)C1.Cl.Cl. The van der Waals surface area contributed by atoms with Crippen molar-refractivity contribution in [3.63, 3.8) is 0 Å². The maximum Gasteiger partial charge on any atom is 0.234 e. The number of halogens is 2. The molecule has 2 unspecified atom stereocenters. The minimum atomic E-state index is 0. The van der Waals surface area contributed by atoms with Crippen LogP contribution < -0.4 is 11.1 Å². The summed E-state index contributed by atoms with van der Waals surface area (Å²) in [5.41, 5.74) is 7.73. The van der Waals surface area contributed by atoms with Gasteiger partial charge in [-0.15, -0.1) is 24.8 Å². The van der Waals surface area contributed by atoms with Gasteiger partial charge in [0, 0.05) is 44.3 Å². The van der Waals surface area contributed by atoms with Gasteiger partial charge in [-0.05, 0) is 36.8 Å². The summed E-state index contributed by atoms with van der Waals surface area (Å²) in [5.74, 6) is 1.00. The quantitative estimate of drug-likeness (QED) is 0.642. The lowest BCUT2D eigenvalue weighted by Gasteiger charge is -2.35. The van der Waals surface area contributed by atoms with E-state index in [0.29, 0.717) is 44.4 Å². The molecule has 0 bridgehead atoms. The topological polar surface area (TPSA) is 78.7 Å². The monoisotopic (exact) mass is 458 g/mol. The average molecular weight is 459 g/mol. The summed E-state index contributed by atoms with van der Waals surface area (Å²) in [6.45, 7) is 5.60. The van der Waals surface area contributed by atoms with Crippen molar-refractivity contribution in [1.29, 1.82) is 0 Å². The van der Waals surface area contributed by atoms with Crippen LogP contribution in [-0.2, 0) is 16.0 Å².